The summed E-state index contributed by atoms with van der Waals surface area (Å²) in [5.41, 5.74) is -1.28. The molecule has 0 saturated carbocycles. The molecule has 0 aliphatic carbocycles. The molecule has 200 valence electrons. The Kier molecular flexibility index (Phi) is 7.60. The maximum atomic E-state index is 13.5. The molecule has 0 aliphatic rings. The van der Waals surface area contributed by atoms with Gasteiger partial charge in [0, 0.05) is 22.0 Å². The van der Waals surface area contributed by atoms with Crippen LogP contribution in [0.4, 0.5) is 23.2 Å². The van der Waals surface area contributed by atoms with E-state index < -0.39 is 47.2 Å². The molecular weight excluding hydrogens is 542 g/mol. The van der Waals surface area contributed by atoms with Crippen LogP contribution in [0.5, 0.6) is 0 Å². The van der Waals surface area contributed by atoms with E-state index in [1.165, 1.54) is 18.2 Å². The number of halogens is 5. The molecule has 11 heteroatoms. The van der Waals surface area contributed by atoms with Gasteiger partial charge in [-0.3, -0.25) is 4.79 Å². The second-order valence-electron chi connectivity index (χ2n) is 8.55. The van der Waals surface area contributed by atoms with Gasteiger partial charge < -0.3 is 14.8 Å². The normalized spacial score (nSPS) is 11.7. The number of aliphatic carboxylic acids is 1. The topological polar surface area (TPSA) is 96.6 Å². The number of carbonyl (C=O) groups excluding carboxylic acids is 1. The number of alkyl halides is 3. The number of hydrogen-bond acceptors (Lipinski definition) is 4. The monoisotopic (exact) mass is 559 g/mol. The highest BCUT2D eigenvalue weighted by Crippen LogP contribution is 2.37. The van der Waals surface area contributed by atoms with E-state index in [9.17, 15) is 31.9 Å². The van der Waals surface area contributed by atoms with Crippen LogP contribution >= 0.6 is 11.6 Å². The maximum absolute atomic E-state index is 13.5. The summed E-state index contributed by atoms with van der Waals surface area (Å²) in [6.45, 7) is 1.70. The van der Waals surface area contributed by atoms with Crippen molar-refractivity contribution in [2.24, 2.45) is 0 Å². The molecule has 0 fully saturated rings. The molecule has 0 saturated heterocycles. The van der Waals surface area contributed by atoms with Gasteiger partial charge in [-0.05, 0) is 66.1 Å². The number of carbonyl (C=O) groups is 2. The van der Waals surface area contributed by atoms with E-state index in [1.54, 1.807) is 31.2 Å². The van der Waals surface area contributed by atoms with Crippen molar-refractivity contribution in [3.05, 3.63) is 104 Å². The first kappa shape index (κ1) is 27.6. The van der Waals surface area contributed by atoms with E-state index in [1.807, 2.05) is 0 Å². The Bertz CT molecular complexity index is 1710. The highest BCUT2D eigenvalue weighted by Gasteiger charge is 2.34. The Balaban J connectivity index is 1.85. The molecule has 0 atom stereocenters. The van der Waals surface area contributed by atoms with Crippen LogP contribution in [0.15, 0.2) is 69.9 Å². The average molecular weight is 560 g/mol. The van der Waals surface area contributed by atoms with Crippen molar-refractivity contribution < 1.29 is 36.7 Å². The molecule has 4 aromatic rings. The predicted octanol–water partition coefficient (Wildman–Crippen LogP) is 6.86. The van der Waals surface area contributed by atoms with Crippen molar-refractivity contribution in [1.29, 1.82) is 0 Å². The van der Waals surface area contributed by atoms with E-state index in [0.29, 0.717) is 27.1 Å². The molecule has 0 unspecified atom stereocenters. The molecule has 0 bridgehead atoms. The third-order valence-corrected chi connectivity index (χ3v) is 6.18. The summed E-state index contributed by atoms with van der Waals surface area (Å²) < 4.78 is 59.2. The van der Waals surface area contributed by atoms with Crippen LogP contribution < -0.4 is 10.9 Å². The number of carboxylic acid groups (broad SMARTS) is 1. The Labute approximate surface area is 223 Å². The summed E-state index contributed by atoms with van der Waals surface area (Å²) in [5.74, 6) is -3.30. The lowest BCUT2D eigenvalue weighted by atomic mass is 9.93. The number of rotatable bonds is 6. The van der Waals surface area contributed by atoms with Crippen LogP contribution in [-0.2, 0) is 22.2 Å². The van der Waals surface area contributed by atoms with E-state index in [2.05, 4.69) is 5.32 Å². The molecule has 1 aromatic heterocycles. The van der Waals surface area contributed by atoms with Gasteiger partial charge in [-0.15, -0.1) is 0 Å². The third-order valence-electron chi connectivity index (χ3n) is 5.77. The maximum Gasteiger partial charge on any atom is 0.418 e. The van der Waals surface area contributed by atoms with Crippen LogP contribution in [0.25, 0.3) is 28.2 Å². The lowest BCUT2D eigenvalue weighted by Gasteiger charge is -2.16. The van der Waals surface area contributed by atoms with E-state index in [0.717, 1.165) is 18.2 Å². The van der Waals surface area contributed by atoms with Crippen LogP contribution in [0.1, 0.15) is 22.3 Å². The molecule has 0 radical (unpaired) electrons. The Morgan fingerprint density at radius 2 is 1.85 bits per heavy atom. The first-order valence-corrected chi connectivity index (χ1v) is 11.6. The van der Waals surface area contributed by atoms with Crippen molar-refractivity contribution in [3.8, 4) is 11.1 Å². The molecule has 39 heavy (non-hydrogen) atoms. The summed E-state index contributed by atoms with van der Waals surface area (Å²) in [5, 5.41) is 11.7. The summed E-state index contributed by atoms with van der Waals surface area (Å²) >= 11 is 6.33. The van der Waals surface area contributed by atoms with Gasteiger partial charge in [0.25, 0.3) is 0 Å². The second kappa shape index (κ2) is 10.7. The molecule has 1 amide bonds. The first-order chi connectivity index (χ1) is 18.3. The number of amides is 1. The van der Waals surface area contributed by atoms with Gasteiger partial charge in [0.2, 0.25) is 5.91 Å². The molecule has 6 nitrogen and oxygen atoms in total. The molecule has 2 N–H and O–H groups in total. The average Bonchev–Trinajstić information content (AvgIpc) is 2.85. The van der Waals surface area contributed by atoms with E-state index in [4.69, 9.17) is 21.1 Å². The van der Waals surface area contributed by atoms with Gasteiger partial charge in [-0.2, -0.15) is 13.2 Å². The number of nitrogens with one attached hydrogen (secondary N) is 1. The number of aryl methyl sites for hydroxylation is 1. The molecule has 3 aromatic carbocycles. The van der Waals surface area contributed by atoms with Gasteiger partial charge in [-0.1, -0.05) is 29.8 Å². The minimum atomic E-state index is -4.95. The minimum Gasteiger partial charge on any atom is -0.478 e. The number of carboxylic acids is 1. The zero-order valence-corrected chi connectivity index (χ0v) is 20.8. The number of hydrogen-bond donors (Lipinski definition) is 2. The number of fused-ring (bicyclic) bond motifs is 1. The van der Waals surface area contributed by atoms with E-state index >= 15 is 0 Å². The Morgan fingerprint density at radius 3 is 2.54 bits per heavy atom. The molecule has 0 aliphatic heterocycles. The number of benzene rings is 3. The van der Waals surface area contributed by atoms with Gasteiger partial charge in [-0.25, -0.2) is 14.0 Å². The summed E-state index contributed by atoms with van der Waals surface area (Å²) in [6.07, 6.45) is -3.39. The van der Waals surface area contributed by atoms with Crippen LogP contribution in [0, 0.1) is 12.7 Å². The second-order valence-corrected chi connectivity index (χ2v) is 8.96. The lowest BCUT2D eigenvalue weighted by molar-refractivity contribution is -0.137. The van der Waals surface area contributed by atoms with Gasteiger partial charge in [0.05, 0.1) is 23.2 Å². The van der Waals surface area contributed by atoms with Crippen molar-refractivity contribution in [3.63, 3.8) is 0 Å². The Hall–Kier alpha value is -4.44. The van der Waals surface area contributed by atoms with Gasteiger partial charge in [0.15, 0.2) is 0 Å². The fourth-order valence-corrected chi connectivity index (χ4v) is 4.20. The largest absolute Gasteiger partial charge is 0.478 e. The van der Waals surface area contributed by atoms with Gasteiger partial charge in [0.1, 0.15) is 11.4 Å². The highest BCUT2D eigenvalue weighted by molar-refractivity contribution is 6.32. The fourth-order valence-electron chi connectivity index (χ4n) is 4.03. The molecule has 1 heterocycles. The highest BCUT2D eigenvalue weighted by atomic mass is 35.5. The summed E-state index contributed by atoms with van der Waals surface area (Å²) in [6, 6.07) is 11.3. The smallest absolute Gasteiger partial charge is 0.418 e. The standard InChI is InChI=1S/C28H18ClF4NO5/c1-14-9-23-18(12-21(14)29)26(16-4-2-3-15(10-16)5-8-25(36)37)19(27(38)39-23)13-24(35)34-22-7-6-17(30)11-20(22)28(31,32)33/h2-12H,13H2,1H3,(H,34,35)(H,36,37)/b8-5+. The summed E-state index contributed by atoms with van der Waals surface area (Å²) in [7, 11) is 0. The van der Waals surface area contributed by atoms with Gasteiger partial charge >= 0.3 is 17.8 Å². The van der Waals surface area contributed by atoms with Crippen molar-refractivity contribution in [1.82, 2.24) is 0 Å². The molecule has 0 spiro atoms. The minimum absolute atomic E-state index is 0.158. The van der Waals surface area contributed by atoms with Crippen LogP contribution in [0.2, 0.25) is 5.02 Å². The molecule has 4 rings (SSSR count). The predicted molar refractivity (Wildman–Crippen MR) is 138 cm³/mol. The van der Waals surface area contributed by atoms with Crippen LogP contribution in [-0.4, -0.2) is 17.0 Å². The quantitative estimate of drug-likeness (QED) is 0.153. The molecular formula is C28H18ClF4NO5. The van der Waals surface area contributed by atoms with E-state index in [-0.39, 0.29) is 22.8 Å². The number of anilines is 1. The summed E-state index contributed by atoms with van der Waals surface area (Å²) in [4.78, 5) is 37.0. The zero-order valence-electron chi connectivity index (χ0n) is 20.0. The van der Waals surface area contributed by atoms with Crippen molar-refractivity contribution >= 4 is 46.2 Å². The van der Waals surface area contributed by atoms with Crippen LogP contribution in [0.3, 0.4) is 0 Å². The third kappa shape index (κ3) is 6.18. The van der Waals surface area contributed by atoms with Crippen molar-refractivity contribution in [2.45, 2.75) is 19.5 Å². The fraction of sp³-hybridized carbons (Fsp3) is 0.107. The first-order valence-electron chi connectivity index (χ1n) is 11.3. The van der Waals surface area contributed by atoms with Crippen molar-refractivity contribution in [2.75, 3.05) is 5.32 Å². The lowest BCUT2D eigenvalue weighted by Crippen LogP contribution is -2.22. The Morgan fingerprint density at radius 1 is 1.10 bits per heavy atom. The zero-order chi connectivity index (χ0) is 28.5. The SMILES string of the molecule is Cc1cc2oc(=O)c(CC(=O)Nc3ccc(F)cc3C(F)(F)F)c(-c3cccc(/C=C/C(=O)O)c3)c2cc1Cl.